The fourth-order valence-corrected chi connectivity index (χ4v) is 1.78. The molecule has 0 unspecified atom stereocenters. The largest absolute Gasteiger partial charge is 0.489 e. The second-order valence-corrected chi connectivity index (χ2v) is 4.26. The van der Waals surface area contributed by atoms with Crippen LogP contribution in [0.25, 0.3) is 0 Å². The summed E-state index contributed by atoms with van der Waals surface area (Å²) in [5, 5.41) is 7.69. The van der Waals surface area contributed by atoms with Gasteiger partial charge in [0.1, 0.15) is 6.61 Å². The zero-order valence-corrected chi connectivity index (χ0v) is 11.3. The minimum atomic E-state index is 0.612. The highest BCUT2D eigenvalue weighted by Gasteiger charge is 2.02. The van der Waals surface area contributed by atoms with Crippen molar-refractivity contribution in [2.75, 3.05) is 13.2 Å². The van der Waals surface area contributed by atoms with Gasteiger partial charge in [0.15, 0.2) is 5.75 Å². The van der Waals surface area contributed by atoms with Crippen molar-refractivity contribution in [3.8, 4) is 5.75 Å². The fraction of sp³-hybridized carbons (Fsp3) is 0.769. The third-order valence-electron chi connectivity index (χ3n) is 2.85. The van der Waals surface area contributed by atoms with Crippen LogP contribution in [0.4, 0.5) is 0 Å². The van der Waals surface area contributed by atoms with E-state index in [1.54, 1.807) is 6.20 Å². The van der Waals surface area contributed by atoms with Gasteiger partial charge in [-0.05, 0) is 19.3 Å². The Bertz CT molecular complexity index is 295. The maximum atomic E-state index is 5.63. The molecule has 0 fully saturated rings. The first-order chi connectivity index (χ1) is 8.30. The molecule has 98 valence electrons. The van der Waals surface area contributed by atoms with Gasteiger partial charge in [-0.1, -0.05) is 20.8 Å². The number of aromatic nitrogens is 2. The van der Waals surface area contributed by atoms with Gasteiger partial charge in [0, 0.05) is 19.1 Å². The van der Waals surface area contributed by atoms with Gasteiger partial charge in [-0.3, -0.25) is 4.68 Å². The Kier molecular flexibility index (Phi) is 6.70. The number of ether oxygens (including phenoxy) is 1. The number of nitrogens with zero attached hydrogens (tertiary/aromatic N) is 2. The van der Waals surface area contributed by atoms with E-state index in [0.717, 1.165) is 25.3 Å². The van der Waals surface area contributed by atoms with Gasteiger partial charge in [0.25, 0.3) is 0 Å². The molecule has 1 N–H and O–H groups in total. The monoisotopic (exact) mass is 239 g/mol. The zero-order valence-electron chi connectivity index (χ0n) is 11.3. The zero-order chi connectivity index (χ0) is 12.5. The lowest BCUT2D eigenvalue weighted by molar-refractivity contribution is 0.302. The molecule has 4 nitrogen and oxygen atoms in total. The lowest BCUT2D eigenvalue weighted by Gasteiger charge is -2.14. The molecule has 0 bridgehead atoms. The normalized spacial score (nSPS) is 11.1. The summed E-state index contributed by atoms with van der Waals surface area (Å²) in [6.07, 6.45) is 7.18. The summed E-state index contributed by atoms with van der Waals surface area (Å²) in [6, 6.07) is 0.612. The average molecular weight is 239 g/mol. The first kappa shape index (κ1) is 14.0. The molecule has 0 atom stereocenters. The summed E-state index contributed by atoms with van der Waals surface area (Å²) < 4.78 is 7.55. The summed E-state index contributed by atoms with van der Waals surface area (Å²) in [6.45, 7) is 9.10. The van der Waals surface area contributed by atoms with Crippen molar-refractivity contribution in [2.45, 2.75) is 52.6 Å². The van der Waals surface area contributed by atoms with Crippen LogP contribution >= 0.6 is 0 Å². The van der Waals surface area contributed by atoms with Crippen molar-refractivity contribution in [3.63, 3.8) is 0 Å². The summed E-state index contributed by atoms with van der Waals surface area (Å²) in [7, 11) is 0. The first-order valence-corrected chi connectivity index (χ1v) is 6.68. The van der Waals surface area contributed by atoms with Gasteiger partial charge in [-0.2, -0.15) is 5.10 Å². The minimum Gasteiger partial charge on any atom is -0.489 e. The Morgan fingerprint density at radius 2 is 2.12 bits per heavy atom. The van der Waals surface area contributed by atoms with E-state index in [0.29, 0.717) is 12.6 Å². The third kappa shape index (κ3) is 5.22. The number of aryl methyl sites for hydroxylation is 1. The van der Waals surface area contributed by atoms with Crippen LogP contribution in [0.15, 0.2) is 12.4 Å². The topological polar surface area (TPSA) is 39.1 Å². The molecular formula is C13H25N3O. The molecule has 0 spiro atoms. The second-order valence-electron chi connectivity index (χ2n) is 4.26. The summed E-state index contributed by atoms with van der Waals surface area (Å²) in [5.74, 6) is 0.866. The van der Waals surface area contributed by atoms with Crippen molar-refractivity contribution >= 4 is 0 Å². The van der Waals surface area contributed by atoms with Crippen LogP contribution in [-0.4, -0.2) is 29.0 Å². The summed E-state index contributed by atoms with van der Waals surface area (Å²) in [4.78, 5) is 0. The number of hydrogen-bond donors (Lipinski definition) is 1. The van der Waals surface area contributed by atoms with Crippen molar-refractivity contribution in [3.05, 3.63) is 12.4 Å². The van der Waals surface area contributed by atoms with Crippen LogP contribution in [0.1, 0.15) is 40.0 Å². The number of hydrogen-bond acceptors (Lipinski definition) is 3. The van der Waals surface area contributed by atoms with E-state index in [1.807, 2.05) is 10.9 Å². The lowest BCUT2D eigenvalue weighted by Crippen LogP contribution is -2.31. The van der Waals surface area contributed by atoms with Gasteiger partial charge < -0.3 is 10.1 Å². The number of rotatable bonds is 9. The van der Waals surface area contributed by atoms with Crippen LogP contribution in [0.2, 0.25) is 0 Å². The van der Waals surface area contributed by atoms with E-state index in [-0.39, 0.29) is 0 Å². The van der Waals surface area contributed by atoms with E-state index < -0.39 is 0 Å². The quantitative estimate of drug-likeness (QED) is 0.673. The molecular weight excluding hydrogens is 214 g/mol. The van der Waals surface area contributed by atoms with Crippen LogP contribution in [0, 0.1) is 0 Å². The van der Waals surface area contributed by atoms with Crippen LogP contribution in [-0.2, 0) is 6.54 Å². The molecule has 0 aliphatic rings. The smallest absolute Gasteiger partial charge is 0.157 e. The van der Waals surface area contributed by atoms with Crippen molar-refractivity contribution in [1.82, 2.24) is 15.1 Å². The predicted molar refractivity (Wildman–Crippen MR) is 70.4 cm³/mol. The highest BCUT2D eigenvalue weighted by atomic mass is 16.5. The van der Waals surface area contributed by atoms with E-state index in [1.165, 1.54) is 12.8 Å². The van der Waals surface area contributed by atoms with Crippen molar-refractivity contribution < 1.29 is 4.74 Å². The Balaban J connectivity index is 2.17. The van der Waals surface area contributed by atoms with Gasteiger partial charge in [0.05, 0.1) is 12.4 Å². The molecule has 0 aromatic carbocycles. The molecule has 1 aromatic rings. The average Bonchev–Trinajstić information content (AvgIpc) is 2.78. The number of nitrogens with one attached hydrogen (secondary N) is 1. The van der Waals surface area contributed by atoms with Crippen LogP contribution in [0.5, 0.6) is 5.75 Å². The van der Waals surface area contributed by atoms with E-state index in [9.17, 15) is 0 Å². The molecule has 4 heteroatoms. The Hall–Kier alpha value is -1.03. The highest BCUT2D eigenvalue weighted by molar-refractivity contribution is 5.11. The molecule has 1 aromatic heterocycles. The second kappa shape index (κ2) is 8.12. The van der Waals surface area contributed by atoms with E-state index >= 15 is 0 Å². The van der Waals surface area contributed by atoms with Gasteiger partial charge in [0.2, 0.25) is 0 Å². The predicted octanol–water partition coefficient (Wildman–Crippen LogP) is 2.45. The lowest BCUT2D eigenvalue weighted by atomic mass is 10.2. The Morgan fingerprint density at radius 3 is 2.76 bits per heavy atom. The molecule has 17 heavy (non-hydrogen) atoms. The molecule has 1 heterocycles. The summed E-state index contributed by atoms with van der Waals surface area (Å²) in [5.41, 5.74) is 0. The molecule has 0 saturated heterocycles. The molecule has 1 rings (SSSR count). The Labute approximate surface area is 104 Å². The molecule has 0 aliphatic carbocycles. The molecule has 0 aliphatic heterocycles. The fourth-order valence-electron chi connectivity index (χ4n) is 1.78. The first-order valence-electron chi connectivity index (χ1n) is 6.68. The van der Waals surface area contributed by atoms with E-state index in [4.69, 9.17) is 4.74 Å². The summed E-state index contributed by atoms with van der Waals surface area (Å²) >= 11 is 0. The molecule has 0 amide bonds. The highest BCUT2D eigenvalue weighted by Crippen LogP contribution is 2.08. The van der Waals surface area contributed by atoms with Crippen LogP contribution < -0.4 is 10.1 Å². The van der Waals surface area contributed by atoms with Crippen LogP contribution in [0.3, 0.4) is 0 Å². The maximum absolute atomic E-state index is 5.63. The maximum Gasteiger partial charge on any atom is 0.157 e. The van der Waals surface area contributed by atoms with Gasteiger partial charge in [-0.15, -0.1) is 0 Å². The standard InChI is InChI=1S/C13H25N3O/c1-4-8-16-11-13(10-15-16)17-9-7-14-12(5-2)6-3/h10-12,14H,4-9H2,1-3H3. The van der Waals surface area contributed by atoms with Crippen molar-refractivity contribution in [2.24, 2.45) is 0 Å². The minimum absolute atomic E-state index is 0.612. The van der Waals surface area contributed by atoms with Gasteiger partial charge >= 0.3 is 0 Å². The SMILES string of the molecule is CCCn1cc(OCCNC(CC)CC)cn1. The molecule has 0 saturated carbocycles. The van der Waals surface area contributed by atoms with E-state index in [2.05, 4.69) is 31.2 Å². The third-order valence-corrected chi connectivity index (χ3v) is 2.85. The molecule has 0 radical (unpaired) electrons. The van der Waals surface area contributed by atoms with Crippen molar-refractivity contribution in [1.29, 1.82) is 0 Å². The Morgan fingerprint density at radius 1 is 1.35 bits per heavy atom. The van der Waals surface area contributed by atoms with Gasteiger partial charge in [-0.25, -0.2) is 0 Å².